The van der Waals surface area contributed by atoms with Crippen molar-refractivity contribution in [1.82, 2.24) is 9.97 Å². The van der Waals surface area contributed by atoms with Crippen molar-refractivity contribution in [3.63, 3.8) is 0 Å². The molecular formula is C21H20Cl3N3O2. The minimum atomic E-state index is 0.386. The molecule has 5 nitrogen and oxygen atoms in total. The molecule has 0 N–H and O–H groups in total. The summed E-state index contributed by atoms with van der Waals surface area (Å²) in [5.74, 6) is 1.80. The number of methoxy groups -OCH3 is 2. The summed E-state index contributed by atoms with van der Waals surface area (Å²) < 4.78 is 10.8. The van der Waals surface area contributed by atoms with Gasteiger partial charge in [-0.2, -0.15) is 0 Å². The minimum absolute atomic E-state index is 0.386. The lowest BCUT2D eigenvalue weighted by Crippen LogP contribution is -2.30. The van der Waals surface area contributed by atoms with Gasteiger partial charge >= 0.3 is 0 Å². The van der Waals surface area contributed by atoms with Crippen molar-refractivity contribution in [2.24, 2.45) is 0 Å². The van der Waals surface area contributed by atoms with E-state index < -0.39 is 0 Å². The second kappa shape index (κ2) is 8.42. The Bertz CT molecular complexity index is 1040. The van der Waals surface area contributed by atoms with Gasteiger partial charge in [0.1, 0.15) is 22.5 Å². The molecule has 0 bridgehead atoms. The van der Waals surface area contributed by atoms with Crippen LogP contribution >= 0.6 is 34.8 Å². The van der Waals surface area contributed by atoms with Gasteiger partial charge in [0.2, 0.25) is 0 Å². The fourth-order valence-electron chi connectivity index (χ4n) is 3.69. The van der Waals surface area contributed by atoms with Crippen LogP contribution in [0.4, 0.5) is 5.82 Å². The molecule has 0 atom stereocenters. The summed E-state index contributed by atoms with van der Waals surface area (Å²) in [6, 6.07) is 5.44. The molecule has 1 fully saturated rings. The molecule has 4 rings (SSSR count). The molecular weight excluding hydrogens is 433 g/mol. The quantitative estimate of drug-likeness (QED) is 0.437. The van der Waals surface area contributed by atoms with E-state index in [0.29, 0.717) is 38.0 Å². The van der Waals surface area contributed by atoms with Crippen molar-refractivity contribution in [2.75, 3.05) is 32.2 Å². The maximum Gasteiger partial charge on any atom is 0.141 e. The molecule has 0 spiro atoms. The number of anilines is 1. The standard InChI is InChI=1S/C21H20Cl3N3O2/c1-28-15-10-16(29-2)20(24)18(19(15)23)14-8-12-11-25-17(22)9-13(12)21(26-14)27-6-4-3-5-7-27/h8-11H,3-7H2,1-2H3. The molecule has 1 aliphatic heterocycles. The van der Waals surface area contributed by atoms with E-state index in [1.165, 1.54) is 6.42 Å². The van der Waals surface area contributed by atoms with Gasteiger partial charge in [0.15, 0.2) is 0 Å². The number of hydrogen-bond donors (Lipinski definition) is 0. The first-order chi connectivity index (χ1) is 14.0. The third-order valence-corrected chi connectivity index (χ3v) is 6.10. The Morgan fingerprint density at radius 1 is 0.897 bits per heavy atom. The molecule has 1 aromatic carbocycles. The molecule has 1 saturated heterocycles. The van der Waals surface area contributed by atoms with Gasteiger partial charge in [-0.25, -0.2) is 9.97 Å². The van der Waals surface area contributed by atoms with Crippen LogP contribution in [0.5, 0.6) is 11.5 Å². The van der Waals surface area contributed by atoms with Gasteiger partial charge in [0, 0.05) is 41.7 Å². The lowest BCUT2D eigenvalue weighted by Gasteiger charge is -2.29. The Balaban J connectivity index is 1.99. The molecule has 3 heterocycles. The van der Waals surface area contributed by atoms with E-state index in [0.717, 1.165) is 42.5 Å². The average molecular weight is 453 g/mol. The second-order valence-electron chi connectivity index (χ2n) is 6.89. The third-order valence-electron chi connectivity index (χ3n) is 5.15. The Morgan fingerprint density at radius 3 is 2.17 bits per heavy atom. The normalized spacial score (nSPS) is 14.3. The molecule has 2 aromatic heterocycles. The predicted molar refractivity (Wildman–Crippen MR) is 119 cm³/mol. The number of ether oxygens (including phenoxy) is 2. The van der Waals surface area contributed by atoms with Crippen LogP contribution < -0.4 is 14.4 Å². The highest BCUT2D eigenvalue weighted by molar-refractivity contribution is 6.41. The highest BCUT2D eigenvalue weighted by Gasteiger charge is 2.23. The van der Waals surface area contributed by atoms with Crippen molar-refractivity contribution in [3.05, 3.63) is 39.6 Å². The molecule has 29 heavy (non-hydrogen) atoms. The van der Waals surface area contributed by atoms with E-state index in [9.17, 15) is 0 Å². The third kappa shape index (κ3) is 3.79. The molecule has 0 amide bonds. The van der Waals surface area contributed by atoms with Crippen LogP contribution in [0.15, 0.2) is 24.4 Å². The summed E-state index contributed by atoms with van der Waals surface area (Å²) in [6.07, 6.45) is 5.22. The highest BCUT2D eigenvalue weighted by Crippen LogP contribution is 2.46. The molecule has 0 radical (unpaired) electrons. The number of piperidine rings is 1. The van der Waals surface area contributed by atoms with E-state index in [4.69, 9.17) is 49.3 Å². The van der Waals surface area contributed by atoms with Gasteiger partial charge < -0.3 is 14.4 Å². The number of halogens is 3. The summed E-state index contributed by atoms with van der Waals surface area (Å²) >= 11 is 19.5. The van der Waals surface area contributed by atoms with E-state index >= 15 is 0 Å². The fraction of sp³-hybridized carbons (Fsp3) is 0.333. The zero-order chi connectivity index (χ0) is 20.5. The van der Waals surface area contributed by atoms with Crippen molar-refractivity contribution in [2.45, 2.75) is 19.3 Å². The largest absolute Gasteiger partial charge is 0.495 e. The molecule has 8 heteroatoms. The topological polar surface area (TPSA) is 47.5 Å². The summed E-state index contributed by atoms with van der Waals surface area (Å²) in [5.41, 5.74) is 1.20. The zero-order valence-corrected chi connectivity index (χ0v) is 18.4. The minimum Gasteiger partial charge on any atom is -0.495 e. The van der Waals surface area contributed by atoms with Gasteiger partial charge in [-0.05, 0) is 31.4 Å². The fourth-order valence-corrected chi connectivity index (χ4v) is 4.54. The monoisotopic (exact) mass is 451 g/mol. The smallest absolute Gasteiger partial charge is 0.141 e. The number of hydrogen-bond acceptors (Lipinski definition) is 5. The number of pyridine rings is 2. The molecule has 0 aliphatic carbocycles. The Hall–Kier alpha value is -1.95. The Kier molecular flexibility index (Phi) is 5.91. The van der Waals surface area contributed by atoms with Crippen molar-refractivity contribution in [1.29, 1.82) is 0 Å². The number of fused-ring (bicyclic) bond motifs is 1. The first kappa shape index (κ1) is 20.3. The molecule has 3 aromatic rings. The van der Waals surface area contributed by atoms with Gasteiger partial charge in [-0.1, -0.05) is 34.8 Å². The average Bonchev–Trinajstić information content (AvgIpc) is 2.74. The summed E-state index contributed by atoms with van der Waals surface area (Å²) in [7, 11) is 3.11. The number of nitrogens with zero attached hydrogens (tertiary/aromatic N) is 3. The van der Waals surface area contributed by atoms with Crippen LogP contribution in [-0.4, -0.2) is 37.3 Å². The van der Waals surface area contributed by atoms with E-state index in [1.54, 1.807) is 26.5 Å². The van der Waals surface area contributed by atoms with Crippen molar-refractivity contribution < 1.29 is 9.47 Å². The van der Waals surface area contributed by atoms with Crippen LogP contribution in [-0.2, 0) is 0 Å². The molecule has 0 saturated carbocycles. The van der Waals surface area contributed by atoms with Gasteiger partial charge in [-0.3, -0.25) is 0 Å². The first-order valence-electron chi connectivity index (χ1n) is 9.35. The first-order valence-corrected chi connectivity index (χ1v) is 10.5. The van der Waals surface area contributed by atoms with Crippen LogP contribution in [0, 0.1) is 0 Å². The van der Waals surface area contributed by atoms with Crippen LogP contribution in [0.25, 0.3) is 22.0 Å². The summed E-state index contributed by atoms with van der Waals surface area (Å²) in [6.45, 7) is 1.88. The van der Waals surface area contributed by atoms with Gasteiger partial charge in [0.05, 0.1) is 30.0 Å². The molecule has 152 valence electrons. The zero-order valence-electron chi connectivity index (χ0n) is 16.1. The van der Waals surface area contributed by atoms with Crippen LogP contribution in [0.2, 0.25) is 15.2 Å². The lowest BCUT2D eigenvalue weighted by atomic mass is 10.1. The van der Waals surface area contributed by atoms with Gasteiger partial charge in [0.25, 0.3) is 0 Å². The van der Waals surface area contributed by atoms with Crippen LogP contribution in [0.1, 0.15) is 19.3 Å². The van der Waals surface area contributed by atoms with E-state index in [1.807, 2.05) is 12.1 Å². The maximum absolute atomic E-state index is 6.64. The SMILES string of the molecule is COc1cc(OC)c(Cl)c(-c2cc3cnc(Cl)cc3c(N3CCCCC3)n2)c1Cl. The molecule has 0 unspecified atom stereocenters. The number of benzene rings is 1. The lowest BCUT2D eigenvalue weighted by molar-refractivity contribution is 0.395. The van der Waals surface area contributed by atoms with Crippen molar-refractivity contribution >= 4 is 51.4 Å². The maximum atomic E-state index is 6.64. The van der Waals surface area contributed by atoms with Crippen LogP contribution in [0.3, 0.4) is 0 Å². The predicted octanol–water partition coefficient (Wildman–Crippen LogP) is 6.26. The van der Waals surface area contributed by atoms with E-state index in [2.05, 4.69) is 9.88 Å². The number of rotatable bonds is 4. The van der Waals surface area contributed by atoms with Gasteiger partial charge in [-0.15, -0.1) is 0 Å². The number of aromatic nitrogens is 2. The summed E-state index contributed by atoms with van der Waals surface area (Å²) in [4.78, 5) is 11.5. The van der Waals surface area contributed by atoms with E-state index in [-0.39, 0.29) is 0 Å². The Labute approximate surface area is 184 Å². The summed E-state index contributed by atoms with van der Waals surface area (Å²) in [5, 5.41) is 3.07. The molecule has 1 aliphatic rings. The highest BCUT2D eigenvalue weighted by atomic mass is 35.5. The Morgan fingerprint density at radius 2 is 1.55 bits per heavy atom. The second-order valence-corrected chi connectivity index (χ2v) is 8.03. The van der Waals surface area contributed by atoms with Crippen molar-refractivity contribution in [3.8, 4) is 22.8 Å².